The van der Waals surface area contributed by atoms with E-state index in [0.29, 0.717) is 6.61 Å². The molecule has 0 aromatic heterocycles. The lowest BCUT2D eigenvalue weighted by Crippen LogP contribution is -2.25. The average Bonchev–Trinajstić information content (AvgIpc) is 2.70. The molecule has 1 aromatic rings. The van der Waals surface area contributed by atoms with Crippen molar-refractivity contribution in [2.75, 3.05) is 6.61 Å². The molecule has 3 rings (SSSR count). The molecule has 0 bridgehead atoms. The first-order chi connectivity index (χ1) is 12.8. The molecule has 146 valence electrons. The Morgan fingerprint density at radius 1 is 0.808 bits per heavy atom. The SMILES string of the molecule is CCCC1CCC(C2CCC(c3ccc(CCCCO)cc3)CC2)CC1. The highest BCUT2D eigenvalue weighted by Gasteiger charge is 2.30. The summed E-state index contributed by atoms with van der Waals surface area (Å²) in [6.45, 7) is 2.66. The van der Waals surface area contributed by atoms with E-state index in [-0.39, 0.29) is 0 Å². The van der Waals surface area contributed by atoms with Crippen LogP contribution >= 0.6 is 0 Å². The molecule has 1 N–H and O–H groups in total. The summed E-state index contributed by atoms with van der Waals surface area (Å²) in [7, 11) is 0. The molecule has 2 saturated carbocycles. The van der Waals surface area contributed by atoms with E-state index in [0.717, 1.165) is 42.9 Å². The van der Waals surface area contributed by atoms with E-state index in [2.05, 4.69) is 31.2 Å². The fraction of sp³-hybridized carbons (Fsp3) is 0.760. The van der Waals surface area contributed by atoms with Crippen molar-refractivity contribution in [3.63, 3.8) is 0 Å². The van der Waals surface area contributed by atoms with Crippen LogP contribution in [0.5, 0.6) is 0 Å². The maximum absolute atomic E-state index is 8.91. The average molecular weight is 357 g/mol. The van der Waals surface area contributed by atoms with Crippen molar-refractivity contribution < 1.29 is 5.11 Å². The van der Waals surface area contributed by atoms with Gasteiger partial charge in [-0.25, -0.2) is 0 Å². The molecule has 0 atom stereocenters. The van der Waals surface area contributed by atoms with Gasteiger partial charge in [0.15, 0.2) is 0 Å². The summed E-state index contributed by atoms with van der Waals surface area (Å²) in [4.78, 5) is 0. The summed E-state index contributed by atoms with van der Waals surface area (Å²) in [6, 6.07) is 9.42. The zero-order valence-corrected chi connectivity index (χ0v) is 17.0. The second-order valence-electron chi connectivity index (χ2n) is 9.10. The Bertz CT molecular complexity index is 489. The Labute approximate surface area is 161 Å². The minimum atomic E-state index is 0.321. The molecular weight excluding hydrogens is 316 g/mol. The van der Waals surface area contributed by atoms with Crippen molar-refractivity contribution in [2.24, 2.45) is 17.8 Å². The lowest BCUT2D eigenvalue weighted by Gasteiger charge is -2.38. The molecule has 0 saturated heterocycles. The van der Waals surface area contributed by atoms with Crippen LogP contribution in [0.2, 0.25) is 0 Å². The first kappa shape index (κ1) is 19.9. The van der Waals surface area contributed by atoms with Crippen LogP contribution in [0.1, 0.15) is 101 Å². The molecule has 0 amide bonds. The van der Waals surface area contributed by atoms with Crippen LogP contribution in [-0.4, -0.2) is 11.7 Å². The van der Waals surface area contributed by atoms with Gasteiger partial charge in [-0.2, -0.15) is 0 Å². The standard InChI is InChI=1S/C25H40O/c1-2-5-20-7-11-22(12-8-20)24-15-17-25(18-16-24)23-13-9-21(10-14-23)6-3-4-19-26/h9-10,13-14,20,22,24-26H,2-8,11-12,15-19H2,1H3. The van der Waals surface area contributed by atoms with Gasteiger partial charge in [-0.3, -0.25) is 0 Å². The van der Waals surface area contributed by atoms with Crippen molar-refractivity contribution in [1.82, 2.24) is 0 Å². The predicted molar refractivity (Wildman–Crippen MR) is 112 cm³/mol. The van der Waals surface area contributed by atoms with Crippen LogP contribution in [0.15, 0.2) is 24.3 Å². The highest BCUT2D eigenvalue weighted by molar-refractivity contribution is 5.26. The van der Waals surface area contributed by atoms with Gasteiger partial charge in [0.1, 0.15) is 0 Å². The number of rotatable bonds is 8. The maximum atomic E-state index is 8.91. The largest absolute Gasteiger partial charge is 0.396 e. The van der Waals surface area contributed by atoms with Gasteiger partial charge in [-0.05, 0) is 92.6 Å². The lowest BCUT2D eigenvalue weighted by molar-refractivity contribution is 0.156. The summed E-state index contributed by atoms with van der Waals surface area (Å²) < 4.78 is 0. The van der Waals surface area contributed by atoms with Crippen LogP contribution in [0, 0.1) is 17.8 Å². The first-order valence-electron chi connectivity index (χ1n) is 11.5. The van der Waals surface area contributed by atoms with Crippen LogP contribution in [-0.2, 0) is 6.42 Å². The Morgan fingerprint density at radius 2 is 1.42 bits per heavy atom. The van der Waals surface area contributed by atoms with E-state index in [1.165, 1.54) is 69.8 Å². The molecule has 2 aliphatic carbocycles. The first-order valence-corrected chi connectivity index (χ1v) is 11.5. The van der Waals surface area contributed by atoms with Gasteiger partial charge >= 0.3 is 0 Å². The van der Waals surface area contributed by atoms with E-state index >= 15 is 0 Å². The molecule has 2 aliphatic rings. The number of aryl methyl sites for hydroxylation is 1. The Hall–Kier alpha value is -0.820. The van der Waals surface area contributed by atoms with Crippen LogP contribution in [0.4, 0.5) is 0 Å². The van der Waals surface area contributed by atoms with E-state index < -0.39 is 0 Å². The Balaban J connectivity index is 1.42. The molecule has 1 aromatic carbocycles. The molecular formula is C25H40O. The molecule has 1 heteroatoms. The van der Waals surface area contributed by atoms with E-state index in [1.807, 2.05) is 0 Å². The number of unbranched alkanes of at least 4 members (excludes halogenated alkanes) is 1. The number of hydrogen-bond acceptors (Lipinski definition) is 1. The summed E-state index contributed by atoms with van der Waals surface area (Å²) in [5.74, 6) is 3.90. The number of aliphatic hydroxyl groups is 1. The zero-order valence-electron chi connectivity index (χ0n) is 17.0. The normalized spacial score (nSPS) is 29.6. The summed E-state index contributed by atoms with van der Waals surface area (Å²) >= 11 is 0. The molecule has 0 radical (unpaired) electrons. The van der Waals surface area contributed by atoms with Gasteiger partial charge in [0.05, 0.1) is 0 Å². The van der Waals surface area contributed by atoms with Crippen molar-refractivity contribution in [2.45, 2.75) is 96.3 Å². The molecule has 0 unspecified atom stereocenters. The molecule has 0 aliphatic heterocycles. The van der Waals surface area contributed by atoms with Crippen LogP contribution < -0.4 is 0 Å². The predicted octanol–water partition coefficient (Wildman–Crippen LogP) is 6.88. The van der Waals surface area contributed by atoms with Gasteiger partial charge in [0.25, 0.3) is 0 Å². The van der Waals surface area contributed by atoms with Gasteiger partial charge in [-0.15, -0.1) is 0 Å². The monoisotopic (exact) mass is 356 g/mol. The third-order valence-corrected chi connectivity index (χ3v) is 7.35. The third-order valence-electron chi connectivity index (χ3n) is 7.35. The van der Waals surface area contributed by atoms with Gasteiger partial charge in [0, 0.05) is 6.61 Å². The Morgan fingerprint density at radius 3 is 2.00 bits per heavy atom. The van der Waals surface area contributed by atoms with E-state index in [4.69, 9.17) is 5.11 Å². The topological polar surface area (TPSA) is 20.2 Å². The fourth-order valence-corrected chi connectivity index (χ4v) is 5.68. The highest BCUT2D eigenvalue weighted by Crippen LogP contribution is 2.44. The summed E-state index contributed by atoms with van der Waals surface area (Å²) in [5, 5.41) is 8.91. The summed E-state index contributed by atoms with van der Waals surface area (Å²) in [6.07, 6.45) is 17.8. The second-order valence-corrected chi connectivity index (χ2v) is 9.10. The molecule has 0 heterocycles. The van der Waals surface area contributed by atoms with Crippen LogP contribution in [0.3, 0.4) is 0 Å². The van der Waals surface area contributed by atoms with Gasteiger partial charge in [0.2, 0.25) is 0 Å². The quantitative estimate of drug-likeness (QED) is 0.503. The number of hydrogen-bond donors (Lipinski definition) is 1. The van der Waals surface area contributed by atoms with Crippen molar-refractivity contribution in [1.29, 1.82) is 0 Å². The number of aliphatic hydroxyl groups excluding tert-OH is 1. The van der Waals surface area contributed by atoms with Gasteiger partial charge < -0.3 is 5.11 Å². The zero-order chi connectivity index (χ0) is 18.2. The molecule has 26 heavy (non-hydrogen) atoms. The molecule has 2 fully saturated rings. The molecule has 1 nitrogen and oxygen atoms in total. The maximum Gasteiger partial charge on any atom is 0.0431 e. The van der Waals surface area contributed by atoms with Crippen LogP contribution in [0.25, 0.3) is 0 Å². The minimum Gasteiger partial charge on any atom is -0.396 e. The minimum absolute atomic E-state index is 0.321. The Kier molecular flexibility index (Phi) is 8.05. The molecule has 0 spiro atoms. The third kappa shape index (κ3) is 5.59. The highest BCUT2D eigenvalue weighted by atomic mass is 16.2. The van der Waals surface area contributed by atoms with Gasteiger partial charge in [-0.1, -0.05) is 56.9 Å². The summed E-state index contributed by atoms with van der Waals surface area (Å²) in [5.41, 5.74) is 3.00. The van der Waals surface area contributed by atoms with Crippen molar-refractivity contribution >= 4 is 0 Å². The van der Waals surface area contributed by atoms with E-state index in [9.17, 15) is 0 Å². The second kappa shape index (κ2) is 10.5. The lowest BCUT2D eigenvalue weighted by atomic mass is 9.68. The van der Waals surface area contributed by atoms with Crippen molar-refractivity contribution in [3.8, 4) is 0 Å². The fourth-order valence-electron chi connectivity index (χ4n) is 5.68. The number of benzene rings is 1. The van der Waals surface area contributed by atoms with E-state index in [1.54, 1.807) is 5.56 Å². The van der Waals surface area contributed by atoms with Crippen molar-refractivity contribution in [3.05, 3.63) is 35.4 Å². The smallest absolute Gasteiger partial charge is 0.0431 e.